The van der Waals surface area contributed by atoms with Crippen molar-refractivity contribution >= 4 is 34.4 Å². The van der Waals surface area contributed by atoms with Crippen LogP contribution in [0.3, 0.4) is 0 Å². The fraction of sp³-hybridized carbons (Fsp3) is 0.290. The summed E-state index contributed by atoms with van der Waals surface area (Å²) in [6.45, 7) is 7.11. The van der Waals surface area contributed by atoms with Gasteiger partial charge in [-0.2, -0.15) is 0 Å². The first-order valence-corrected chi connectivity index (χ1v) is 13.9. The molecule has 3 aromatic carbocycles. The summed E-state index contributed by atoms with van der Waals surface area (Å²) < 4.78 is 6.78. The van der Waals surface area contributed by atoms with E-state index < -0.39 is 0 Å². The summed E-state index contributed by atoms with van der Waals surface area (Å²) in [6, 6.07) is 19.8. The Bertz CT molecular complexity index is 1530. The van der Waals surface area contributed by atoms with Gasteiger partial charge in [0.1, 0.15) is 5.75 Å². The molecule has 1 heterocycles. The summed E-state index contributed by atoms with van der Waals surface area (Å²) in [5.41, 5.74) is 3.29. The van der Waals surface area contributed by atoms with Crippen LogP contribution in [0.5, 0.6) is 5.75 Å². The highest BCUT2D eigenvalue weighted by atomic mass is 32.2. The molecule has 202 valence electrons. The number of aryl methyl sites for hydroxylation is 1. The van der Waals surface area contributed by atoms with Crippen LogP contribution in [0.2, 0.25) is 0 Å². The van der Waals surface area contributed by atoms with Crippen LogP contribution in [0.25, 0.3) is 10.9 Å². The number of thioether (sulfide) groups is 1. The number of hydrogen-bond donors (Lipinski definition) is 1. The first-order chi connectivity index (χ1) is 18.7. The van der Waals surface area contributed by atoms with Gasteiger partial charge in [-0.1, -0.05) is 55.4 Å². The minimum atomic E-state index is -0.216. The molecule has 4 rings (SSSR count). The maximum absolute atomic E-state index is 13.6. The van der Waals surface area contributed by atoms with Crippen LogP contribution in [0.15, 0.2) is 76.7 Å². The topological polar surface area (TPSA) is 90.3 Å². The van der Waals surface area contributed by atoms with E-state index >= 15 is 0 Å². The lowest BCUT2D eigenvalue weighted by Gasteiger charge is -2.14. The molecule has 0 spiro atoms. The molecule has 0 atom stereocenters. The number of hydrogen-bond acceptors (Lipinski definition) is 6. The summed E-state index contributed by atoms with van der Waals surface area (Å²) in [7, 11) is 1.58. The number of carbonyl (C=O) groups is 2. The van der Waals surface area contributed by atoms with Crippen LogP contribution >= 0.6 is 11.8 Å². The zero-order valence-corrected chi connectivity index (χ0v) is 23.5. The summed E-state index contributed by atoms with van der Waals surface area (Å²) in [6.07, 6.45) is 0.879. The number of ketones is 1. The van der Waals surface area contributed by atoms with Crippen molar-refractivity contribution < 1.29 is 14.3 Å². The molecule has 0 unspecified atom stereocenters. The fourth-order valence-corrected chi connectivity index (χ4v) is 4.93. The van der Waals surface area contributed by atoms with Crippen LogP contribution in [0.4, 0.5) is 0 Å². The lowest BCUT2D eigenvalue weighted by molar-refractivity contribution is 0.0951. The predicted molar refractivity (Wildman–Crippen MR) is 156 cm³/mol. The highest BCUT2D eigenvalue weighted by Gasteiger charge is 2.17. The normalized spacial score (nSPS) is 11.1. The third-order valence-corrected chi connectivity index (χ3v) is 7.37. The number of nitrogens with one attached hydrogen (secondary N) is 1. The SMILES string of the molecule is COc1ccc(C(=O)CSc2nc3cc(C(=O)NCCC(C)C)ccc3c(=O)n2Cc2ccc(C)cc2)cc1. The average molecular weight is 544 g/mol. The van der Waals surface area contributed by atoms with E-state index in [0.29, 0.717) is 51.9 Å². The molecule has 0 fully saturated rings. The standard InChI is InChI=1S/C31H33N3O4S/c1-20(2)15-16-32-29(36)24-11-14-26-27(17-24)33-31(34(30(26)37)18-22-7-5-21(3)6-8-22)39-19-28(35)23-9-12-25(38-4)13-10-23/h5-14,17,20H,15-16,18-19H2,1-4H3,(H,32,36). The fourth-order valence-electron chi connectivity index (χ4n) is 4.03. The second-order valence-electron chi connectivity index (χ2n) is 9.88. The molecule has 1 aromatic heterocycles. The maximum Gasteiger partial charge on any atom is 0.262 e. The van der Waals surface area contributed by atoms with E-state index in [1.165, 1.54) is 11.8 Å². The number of amides is 1. The molecule has 0 radical (unpaired) electrons. The van der Waals surface area contributed by atoms with Gasteiger partial charge in [0.05, 0.1) is 30.3 Å². The summed E-state index contributed by atoms with van der Waals surface area (Å²) in [4.78, 5) is 44.1. The molecule has 0 saturated heterocycles. The van der Waals surface area contributed by atoms with Crippen molar-refractivity contribution in [2.24, 2.45) is 5.92 Å². The summed E-state index contributed by atoms with van der Waals surface area (Å²) >= 11 is 1.21. The van der Waals surface area contributed by atoms with Crippen molar-refractivity contribution in [1.82, 2.24) is 14.9 Å². The lowest BCUT2D eigenvalue weighted by Crippen LogP contribution is -2.26. The number of rotatable bonds is 11. The van der Waals surface area contributed by atoms with Crippen LogP contribution in [-0.4, -0.2) is 40.6 Å². The van der Waals surface area contributed by atoms with Gasteiger partial charge in [0, 0.05) is 17.7 Å². The highest BCUT2D eigenvalue weighted by molar-refractivity contribution is 7.99. The van der Waals surface area contributed by atoms with E-state index in [1.54, 1.807) is 54.1 Å². The van der Waals surface area contributed by atoms with Gasteiger partial charge < -0.3 is 10.1 Å². The van der Waals surface area contributed by atoms with Gasteiger partial charge in [0.25, 0.3) is 11.5 Å². The minimum absolute atomic E-state index is 0.0860. The second-order valence-corrected chi connectivity index (χ2v) is 10.8. The van der Waals surface area contributed by atoms with Crippen molar-refractivity contribution in [1.29, 1.82) is 0 Å². The predicted octanol–water partition coefficient (Wildman–Crippen LogP) is 5.51. The number of fused-ring (bicyclic) bond motifs is 1. The van der Waals surface area contributed by atoms with E-state index in [9.17, 15) is 14.4 Å². The van der Waals surface area contributed by atoms with E-state index in [1.807, 2.05) is 31.2 Å². The Kier molecular flexibility index (Phi) is 9.19. The van der Waals surface area contributed by atoms with Crippen molar-refractivity contribution in [2.45, 2.75) is 38.9 Å². The molecular weight excluding hydrogens is 510 g/mol. The third kappa shape index (κ3) is 7.15. The zero-order chi connectivity index (χ0) is 27.9. The smallest absolute Gasteiger partial charge is 0.262 e. The number of benzene rings is 3. The molecule has 39 heavy (non-hydrogen) atoms. The Morgan fingerprint density at radius 3 is 2.36 bits per heavy atom. The molecule has 0 aliphatic carbocycles. The first-order valence-electron chi connectivity index (χ1n) is 12.9. The Morgan fingerprint density at radius 2 is 1.69 bits per heavy atom. The molecule has 1 amide bonds. The number of Topliss-reactive ketones (excluding diaryl/α,β-unsaturated/α-hetero) is 1. The van der Waals surface area contributed by atoms with Crippen molar-refractivity contribution in [3.63, 3.8) is 0 Å². The number of carbonyl (C=O) groups excluding carboxylic acids is 2. The van der Waals surface area contributed by atoms with E-state index in [-0.39, 0.29) is 23.0 Å². The van der Waals surface area contributed by atoms with Crippen LogP contribution in [0, 0.1) is 12.8 Å². The number of nitrogens with zero attached hydrogens (tertiary/aromatic N) is 2. The van der Waals surface area contributed by atoms with Gasteiger partial charge in [-0.3, -0.25) is 19.0 Å². The number of aromatic nitrogens is 2. The van der Waals surface area contributed by atoms with Gasteiger partial charge in [-0.25, -0.2) is 4.98 Å². The molecule has 0 bridgehead atoms. The molecular formula is C31H33N3O4S. The van der Waals surface area contributed by atoms with Gasteiger partial charge in [0.15, 0.2) is 10.9 Å². The second kappa shape index (κ2) is 12.8. The van der Waals surface area contributed by atoms with Crippen LogP contribution in [-0.2, 0) is 6.54 Å². The first kappa shape index (κ1) is 28.1. The largest absolute Gasteiger partial charge is 0.497 e. The van der Waals surface area contributed by atoms with Crippen molar-refractivity contribution in [3.05, 3.63) is 99.3 Å². The number of methoxy groups -OCH3 is 1. The number of ether oxygens (including phenoxy) is 1. The van der Waals surface area contributed by atoms with Crippen molar-refractivity contribution in [2.75, 3.05) is 19.4 Å². The molecule has 8 heteroatoms. The van der Waals surface area contributed by atoms with E-state index in [4.69, 9.17) is 9.72 Å². The monoisotopic (exact) mass is 543 g/mol. The van der Waals surface area contributed by atoms with Gasteiger partial charge in [0.2, 0.25) is 0 Å². The molecule has 0 aliphatic rings. The molecule has 4 aromatic rings. The maximum atomic E-state index is 13.6. The van der Waals surface area contributed by atoms with E-state index in [0.717, 1.165) is 17.5 Å². The Hall–Kier alpha value is -3.91. The van der Waals surface area contributed by atoms with Gasteiger partial charge >= 0.3 is 0 Å². The zero-order valence-electron chi connectivity index (χ0n) is 22.7. The van der Waals surface area contributed by atoms with Gasteiger partial charge in [-0.15, -0.1) is 0 Å². The van der Waals surface area contributed by atoms with Crippen LogP contribution < -0.4 is 15.6 Å². The van der Waals surface area contributed by atoms with Gasteiger partial charge in [-0.05, 0) is 67.3 Å². The highest BCUT2D eigenvalue weighted by Crippen LogP contribution is 2.22. The molecule has 0 saturated carbocycles. The molecule has 7 nitrogen and oxygen atoms in total. The lowest BCUT2D eigenvalue weighted by atomic mass is 10.1. The molecule has 0 aliphatic heterocycles. The Morgan fingerprint density at radius 1 is 1.00 bits per heavy atom. The third-order valence-electron chi connectivity index (χ3n) is 6.40. The average Bonchev–Trinajstić information content (AvgIpc) is 2.94. The minimum Gasteiger partial charge on any atom is -0.497 e. The molecule has 1 N–H and O–H groups in total. The summed E-state index contributed by atoms with van der Waals surface area (Å²) in [5.74, 6) is 0.972. The summed E-state index contributed by atoms with van der Waals surface area (Å²) in [5, 5.41) is 3.78. The van der Waals surface area contributed by atoms with Crippen LogP contribution in [0.1, 0.15) is 52.1 Å². The Labute approximate surface area is 232 Å². The van der Waals surface area contributed by atoms with Crippen molar-refractivity contribution in [3.8, 4) is 5.75 Å². The quantitative estimate of drug-likeness (QED) is 0.152. The Balaban J connectivity index is 1.66. The van der Waals surface area contributed by atoms with E-state index in [2.05, 4.69) is 19.2 Å².